The molecule has 166 valence electrons. The zero-order chi connectivity index (χ0) is 21.8. The highest BCUT2D eigenvalue weighted by Crippen LogP contribution is 2.32. The number of anilines is 1. The van der Waals surface area contributed by atoms with Crippen molar-refractivity contribution < 1.29 is 14.3 Å². The SMILES string of the molecule is COc1ccc2sc(N(CCCN3CCOCC3)C(=O)c3ccn(C(C)C)n3)nc2c1. The highest BCUT2D eigenvalue weighted by atomic mass is 32.1. The van der Waals surface area contributed by atoms with Crippen LogP contribution in [0.25, 0.3) is 10.2 Å². The van der Waals surface area contributed by atoms with Crippen molar-refractivity contribution in [2.45, 2.75) is 26.3 Å². The van der Waals surface area contributed by atoms with Gasteiger partial charge in [0.05, 0.1) is 30.5 Å². The Hall–Kier alpha value is -2.49. The third-order valence-corrected chi connectivity index (χ3v) is 6.44. The van der Waals surface area contributed by atoms with Crippen molar-refractivity contribution >= 4 is 32.6 Å². The Kier molecular flexibility index (Phi) is 6.84. The molecule has 3 heterocycles. The van der Waals surface area contributed by atoms with Gasteiger partial charge >= 0.3 is 0 Å². The Bertz CT molecular complexity index is 1030. The molecule has 1 aliphatic rings. The second-order valence-corrected chi connectivity index (χ2v) is 8.88. The molecule has 0 saturated carbocycles. The van der Waals surface area contributed by atoms with Crippen molar-refractivity contribution in [1.82, 2.24) is 19.7 Å². The van der Waals surface area contributed by atoms with Crippen molar-refractivity contribution in [3.8, 4) is 5.75 Å². The van der Waals surface area contributed by atoms with Gasteiger partial charge in [0.25, 0.3) is 5.91 Å². The van der Waals surface area contributed by atoms with E-state index >= 15 is 0 Å². The predicted molar refractivity (Wildman–Crippen MR) is 122 cm³/mol. The summed E-state index contributed by atoms with van der Waals surface area (Å²) in [5.74, 6) is 0.637. The van der Waals surface area contributed by atoms with Gasteiger partial charge < -0.3 is 9.47 Å². The average Bonchev–Trinajstić information content (AvgIpc) is 3.44. The van der Waals surface area contributed by atoms with Crippen LogP contribution in [-0.4, -0.2) is 72.1 Å². The second kappa shape index (κ2) is 9.76. The second-order valence-electron chi connectivity index (χ2n) is 7.87. The lowest BCUT2D eigenvalue weighted by Crippen LogP contribution is -2.39. The summed E-state index contributed by atoms with van der Waals surface area (Å²) in [6.07, 6.45) is 2.71. The number of fused-ring (bicyclic) bond motifs is 1. The zero-order valence-electron chi connectivity index (χ0n) is 18.3. The molecule has 0 unspecified atom stereocenters. The Balaban J connectivity index is 1.57. The number of thiazole rings is 1. The number of hydrogen-bond donors (Lipinski definition) is 0. The Morgan fingerprint density at radius 1 is 1.29 bits per heavy atom. The zero-order valence-corrected chi connectivity index (χ0v) is 19.1. The topological polar surface area (TPSA) is 72.7 Å². The fraction of sp³-hybridized carbons (Fsp3) is 0.500. The van der Waals surface area contributed by atoms with E-state index in [4.69, 9.17) is 14.5 Å². The van der Waals surface area contributed by atoms with E-state index in [1.807, 2.05) is 42.9 Å². The molecule has 9 heteroatoms. The van der Waals surface area contributed by atoms with Gasteiger partial charge in [-0.15, -0.1) is 0 Å². The van der Waals surface area contributed by atoms with Gasteiger partial charge in [-0.3, -0.25) is 19.3 Å². The van der Waals surface area contributed by atoms with E-state index in [0.717, 1.165) is 55.2 Å². The van der Waals surface area contributed by atoms with Crippen LogP contribution in [0.1, 0.15) is 36.8 Å². The third kappa shape index (κ3) is 5.06. The molecule has 4 rings (SSSR count). The minimum Gasteiger partial charge on any atom is -0.497 e. The first-order valence-electron chi connectivity index (χ1n) is 10.7. The maximum Gasteiger partial charge on any atom is 0.280 e. The number of carbonyl (C=O) groups excluding carboxylic acids is 1. The Morgan fingerprint density at radius 3 is 2.81 bits per heavy atom. The molecule has 0 aliphatic carbocycles. The molecule has 0 spiro atoms. The smallest absolute Gasteiger partial charge is 0.280 e. The van der Waals surface area contributed by atoms with Gasteiger partial charge in [0, 0.05) is 44.5 Å². The van der Waals surface area contributed by atoms with Crippen molar-refractivity contribution in [1.29, 1.82) is 0 Å². The van der Waals surface area contributed by atoms with E-state index in [-0.39, 0.29) is 11.9 Å². The minimum absolute atomic E-state index is 0.118. The van der Waals surface area contributed by atoms with E-state index in [1.54, 1.807) is 18.1 Å². The first kappa shape index (κ1) is 21.7. The number of benzene rings is 1. The van der Waals surface area contributed by atoms with Crippen LogP contribution in [0.4, 0.5) is 5.13 Å². The lowest BCUT2D eigenvalue weighted by Gasteiger charge is -2.27. The number of rotatable bonds is 8. The van der Waals surface area contributed by atoms with Crippen molar-refractivity contribution in [2.24, 2.45) is 0 Å². The minimum atomic E-state index is -0.118. The molecule has 1 aromatic carbocycles. The standard InChI is InChI=1S/C22H29N5O3S/c1-16(2)27-10-7-18(24-27)21(28)26(9-4-8-25-11-13-30-14-12-25)22-23-19-15-17(29-3)5-6-20(19)31-22/h5-7,10,15-16H,4,8-9,11-14H2,1-3H3. The van der Waals surface area contributed by atoms with Crippen LogP contribution < -0.4 is 9.64 Å². The fourth-order valence-corrected chi connectivity index (χ4v) is 4.55. The molecule has 2 aromatic heterocycles. The van der Waals surface area contributed by atoms with Gasteiger partial charge in [0.15, 0.2) is 10.8 Å². The molecule has 8 nitrogen and oxygen atoms in total. The lowest BCUT2D eigenvalue weighted by atomic mass is 10.3. The third-order valence-electron chi connectivity index (χ3n) is 5.38. The van der Waals surface area contributed by atoms with Crippen LogP contribution >= 0.6 is 11.3 Å². The molecule has 0 N–H and O–H groups in total. The van der Waals surface area contributed by atoms with Gasteiger partial charge in [0.2, 0.25) is 0 Å². The Morgan fingerprint density at radius 2 is 2.10 bits per heavy atom. The lowest BCUT2D eigenvalue weighted by molar-refractivity contribution is 0.0376. The summed E-state index contributed by atoms with van der Waals surface area (Å²) in [4.78, 5) is 22.3. The average molecular weight is 444 g/mol. The highest BCUT2D eigenvalue weighted by Gasteiger charge is 2.24. The van der Waals surface area contributed by atoms with Crippen molar-refractivity contribution in [3.63, 3.8) is 0 Å². The van der Waals surface area contributed by atoms with Crippen LogP contribution in [-0.2, 0) is 4.74 Å². The summed E-state index contributed by atoms with van der Waals surface area (Å²) in [6.45, 7) is 9.02. The number of ether oxygens (including phenoxy) is 2. The summed E-state index contributed by atoms with van der Waals surface area (Å²) in [5.41, 5.74) is 1.27. The molecular formula is C22H29N5O3S. The molecule has 3 aromatic rings. The van der Waals surface area contributed by atoms with E-state index in [2.05, 4.69) is 10.00 Å². The molecule has 1 amide bonds. The van der Waals surface area contributed by atoms with Crippen LogP contribution in [0.3, 0.4) is 0 Å². The van der Waals surface area contributed by atoms with E-state index in [1.165, 1.54) is 11.3 Å². The van der Waals surface area contributed by atoms with E-state index in [0.29, 0.717) is 17.4 Å². The summed E-state index contributed by atoms with van der Waals surface area (Å²) in [6, 6.07) is 7.79. The normalized spacial score (nSPS) is 15.0. The number of methoxy groups -OCH3 is 1. The maximum absolute atomic E-state index is 13.4. The first-order chi connectivity index (χ1) is 15.0. The number of morpholine rings is 1. The maximum atomic E-state index is 13.4. The summed E-state index contributed by atoms with van der Waals surface area (Å²) in [5, 5.41) is 5.18. The largest absolute Gasteiger partial charge is 0.497 e. The van der Waals surface area contributed by atoms with E-state index < -0.39 is 0 Å². The number of nitrogens with zero attached hydrogens (tertiary/aromatic N) is 5. The highest BCUT2D eigenvalue weighted by molar-refractivity contribution is 7.22. The van der Waals surface area contributed by atoms with Crippen LogP contribution in [0.15, 0.2) is 30.5 Å². The molecule has 1 fully saturated rings. The van der Waals surface area contributed by atoms with Gasteiger partial charge in [-0.2, -0.15) is 5.10 Å². The predicted octanol–water partition coefficient (Wildman–Crippen LogP) is 3.45. The van der Waals surface area contributed by atoms with Gasteiger partial charge in [-0.1, -0.05) is 11.3 Å². The number of amides is 1. The van der Waals surface area contributed by atoms with Crippen molar-refractivity contribution in [2.75, 3.05) is 51.4 Å². The van der Waals surface area contributed by atoms with Gasteiger partial charge in [0.1, 0.15) is 5.75 Å². The number of carbonyl (C=O) groups is 1. The van der Waals surface area contributed by atoms with Crippen LogP contribution in [0, 0.1) is 0 Å². The molecule has 31 heavy (non-hydrogen) atoms. The number of aromatic nitrogens is 3. The van der Waals surface area contributed by atoms with E-state index in [9.17, 15) is 4.79 Å². The summed E-state index contributed by atoms with van der Waals surface area (Å²) in [7, 11) is 1.64. The molecule has 0 atom stereocenters. The van der Waals surface area contributed by atoms with Crippen molar-refractivity contribution in [3.05, 3.63) is 36.2 Å². The molecule has 0 radical (unpaired) electrons. The number of hydrogen-bond acceptors (Lipinski definition) is 7. The van der Waals surface area contributed by atoms with Gasteiger partial charge in [-0.25, -0.2) is 4.98 Å². The van der Waals surface area contributed by atoms with Gasteiger partial charge in [-0.05, 0) is 38.5 Å². The monoisotopic (exact) mass is 443 g/mol. The molecule has 1 saturated heterocycles. The Labute approximate surface area is 186 Å². The fourth-order valence-electron chi connectivity index (χ4n) is 3.58. The molecule has 0 bridgehead atoms. The summed E-state index contributed by atoms with van der Waals surface area (Å²) >= 11 is 1.52. The quantitative estimate of drug-likeness (QED) is 0.531. The van der Waals surface area contributed by atoms with Crippen LogP contribution in [0.5, 0.6) is 5.75 Å². The molecule has 1 aliphatic heterocycles. The van der Waals surface area contributed by atoms with Crippen LogP contribution in [0.2, 0.25) is 0 Å². The molecular weight excluding hydrogens is 414 g/mol. The summed E-state index contributed by atoms with van der Waals surface area (Å²) < 4.78 is 13.6. The first-order valence-corrected chi connectivity index (χ1v) is 11.5.